The minimum atomic E-state index is -0.185. The highest BCUT2D eigenvalue weighted by molar-refractivity contribution is 5.15. The molecular formula is C24H42O2. The van der Waals surface area contributed by atoms with E-state index in [2.05, 4.69) is 27.7 Å². The number of aliphatic hydroxyl groups is 1. The van der Waals surface area contributed by atoms with Crippen molar-refractivity contribution in [1.29, 1.82) is 0 Å². The summed E-state index contributed by atoms with van der Waals surface area (Å²) in [5.41, 5.74) is 1.37. The van der Waals surface area contributed by atoms with Gasteiger partial charge in [-0.05, 0) is 104 Å². The van der Waals surface area contributed by atoms with Gasteiger partial charge in [0.2, 0.25) is 0 Å². The average molecular weight is 363 g/mol. The normalized spacial score (nSPS) is 57.8. The molecule has 4 fully saturated rings. The van der Waals surface area contributed by atoms with Crippen molar-refractivity contribution in [3.8, 4) is 0 Å². The molecule has 0 saturated heterocycles. The van der Waals surface area contributed by atoms with Gasteiger partial charge in [-0.3, -0.25) is 0 Å². The van der Waals surface area contributed by atoms with Crippen molar-refractivity contribution in [2.45, 2.75) is 105 Å². The van der Waals surface area contributed by atoms with E-state index in [4.69, 9.17) is 4.74 Å². The zero-order valence-electron chi connectivity index (χ0n) is 18.1. The van der Waals surface area contributed by atoms with Crippen LogP contribution in [-0.4, -0.2) is 24.4 Å². The number of hydrogen-bond donors (Lipinski definition) is 1. The summed E-state index contributed by atoms with van der Waals surface area (Å²) in [6.07, 6.45) is 12.2. The van der Waals surface area contributed by atoms with Crippen LogP contribution in [0.1, 0.15) is 92.4 Å². The Morgan fingerprint density at radius 1 is 0.846 bits per heavy atom. The average Bonchev–Trinajstić information content (AvgIpc) is 2.88. The number of ether oxygens (including phenoxy) is 1. The number of rotatable bonds is 2. The molecule has 0 radical (unpaired) electrons. The van der Waals surface area contributed by atoms with E-state index in [0.29, 0.717) is 22.3 Å². The van der Waals surface area contributed by atoms with Crippen molar-refractivity contribution in [3.63, 3.8) is 0 Å². The van der Waals surface area contributed by atoms with Crippen molar-refractivity contribution < 1.29 is 9.84 Å². The molecule has 0 aromatic rings. The second-order valence-electron chi connectivity index (χ2n) is 11.6. The van der Waals surface area contributed by atoms with Gasteiger partial charge in [0.25, 0.3) is 0 Å². The Labute approximate surface area is 161 Å². The maximum Gasteiger partial charge on any atom is 0.0577 e. The molecule has 0 heterocycles. The Bertz CT molecular complexity index is 558. The molecule has 4 aliphatic carbocycles. The SMILES string of the molecule is CO[C@@H]1CC[C@]2(C)[C@@H]3CC[C@]4(C)[C@H](CC[C@]4(C)[C@@H](C)O)[C@H]3CC[C@@]2(C)C1. The van der Waals surface area contributed by atoms with Crippen LogP contribution in [0.4, 0.5) is 0 Å². The molecule has 0 aliphatic heterocycles. The largest absolute Gasteiger partial charge is 0.393 e. The van der Waals surface area contributed by atoms with Gasteiger partial charge in [0.05, 0.1) is 12.2 Å². The smallest absolute Gasteiger partial charge is 0.0577 e. The Morgan fingerprint density at radius 3 is 2.12 bits per heavy atom. The Hall–Kier alpha value is -0.0800. The molecule has 4 saturated carbocycles. The Balaban J connectivity index is 1.64. The van der Waals surface area contributed by atoms with E-state index in [0.717, 1.165) is 17.8 Å². The zero-order valence-corrected chi connectivity index (χ0v) is 18.1. The third-order valence-corrected chi connectivity index (χ3v) is 11.3. The van der Waals surface area contributed by atoms with Gasteiger partial charge >= 0.3 is 0 Å². The predicted octanol–water partition coefficient (Wildman–Crippen LogP) is 5.82. The highest BCUT2D eigenvalue weighted by Gasteiger charge is 2.66. The molecular weight excluding hydrogens is 320 g/mol. The van der Waals surface area contributed by atoms with E-state index in [9.17, 15) is 5.11 Å². The van der Waals surface area contributed by atoms with Crippen LogP contribution in [0, 0.1) is 39.4 Å². The summed E-state index contributed by atoms with van der Waals surface area (Å²) in [7, 11) is 1.91. The van der Waals surface area contributed by atoms with Gasteiger partial charge < -0.3 is 9.84 Å². The molecule has 4 rings (SSSR count). The number of fused-ring (bicyclic) bond motifs is 5. The molecule has 1 N–H and O–H groups in total. The summed E-state index contributed by atoms with van der Waals surface area (Å²) < 4.78 is 5.80. The lowest BCUT2D eigenvalue weighted by atomic mass is 9.39. The van der Waals surface area contributed by atoms with Crippen LogP contribution in [0.5, 0.6) is 0 Å². The van der Waals surface area contributed by atoms with Crippen LogP contribution in [0.2, 0.25) is 0 Å². The number of hydrogen-bond acceptors (Lipinski definition) is 2. The second kappa shape index (κ2) is 5.96. The topological polar surface area (TPSA) is 29.5 Å². The Morgan fingerprint density at radius 2 is 1.46 bits per heavy atom. The quantitative estimate of drug-likeness (QED) is 0.670. The predicted molar refractivity (Wildman–Crippen MR) is 107 cm³/mol. The van der Waals surface area contributed by atoms with E-state index in [1.165, 1.54) is 57.8 Å². The van der Waals surface area contributed by atoms with Crippen molar-refractivity contribution in [1.82, 2.24) is 0 Å². The highest BCUT2D eigenvalue weighted by atomic mass is 16.5. The summed E-state index contributed by atoms with van der Waals surface area (Å²) in [6, 6.07) is 0. The molecule has 0 spiro atoms. The van der Waals surface area contributed by atoms with E-state index in [1.807, 2.05) is 14.0 Å². The summed E-state index contributed by atoms with van der Waals surface area (Å²) >= 11 is 0. The summed E-state index contributed by atoms with van der Waals surface area (Å²) in [4.78, 5) is 0. The monoisotopic (exact) mass is 362 g/mol. The summed E-state index contributed by atoms with van der Waals surface area (Å²) in [5, 5.41) is 10.6. The van der Waals surface area contributed by atoms with Crippen LogP contribution < -0.4 is 0 Å². The number of aliphatic hydroxyl groups excluding tert-OH is 1. The summed E-state index contributed by atoms with van der Waals surface area (Å²) in [5.74, 6) is 2.59. The minimum absolute atomic E-state index is 0.109. The molecule has 2 heteroatoms. The van der Waals surface area contributed by atoms with Crippen LogP contribution in [0.3, 0.4) is 0 Å². The minimum Gasteiger partial charge on any atom is -0.393 e. The first-order chi connectivity index (χ1) is 12.1. The van der Waals surface area contributed by atoms with Gasteiger partial charge in [0, 0.05) is 7.11 Å². The van der Waals surface area contributed by atoms with Gasteiger partial charge in [-0.1, -0.05) is 27.7 Å². The van der Waals surface area contributed by atoms with Gasteiger partial charge in [0.1, 0.15) is 0 Å². The van der Waals surface area contributed by atoms with Crippen LogP contribution >= 0.6 is 0 Å². The first-order valence-corrected chi connectivity index (χ1v) is 11.3. The fourth-order valence-electron chi connectivity index (χ4n) is 8.78. The van der Waals surface area contributed by atoms with Gasteiger partial charge in [-0.2, -0.15) is 0 Å². The van der Waals surface area contributed by atoms with E-state index in [-0.39, 0.29) is 11.5 Å². The van der Waals surface area contributed by atoms with Crippen molar-refractivity contribution >= 4 is 0 Å². The first-order valence-electron chi connectivity index (χ1n) is 11.3. The third kappa shape index (κ3) is 2.24. The maximum atomic E-state index is 10.6. The van der Waals surface area contributed by atoms with Crippen LogP contribution in [-0.2, 0) is 4.74 Å². The fraction of sp³-hybridized carbons (Fsp3) is 1.00. The standard InChI is InChI=1S/C24H42O2/c1-16(25)22(3)13-9-20-18-8-11-21(2)15-17(26-6)7-12-23(21,4)19(18)10-14-24(20,22)5/h16-20,25H,7-15H2,1-6H3/t16-,17-,18+,19-,20-,21+,22-,23-,24-/m1/s1. The molecule has 26 heavy (non-hydrogen) atoms. The maximum absolute atomic E-state index is 10.6. The lowest BCUT2D eigenvalue weighted by molar-refractivity contribution is -0.184. The highest BCUT2D eigenvalue weighted by Crippen LogP contribution is 2.73. The first kappa shape index (κ1) is 19.2. The van der Waals surface area contributed by atoms with E-state index < -0.39 is 0 Å². The number of methoxy groups -OCH3 is 1. The van der Waals surface area contributed by atoms with Gasteiger partial charge in [-0.15, -0.1) is 0 Å². The second-order valence-corrected chi connectivity index (χ2v) is 11.6. The molecule has 0 aromatic heterocycles. The third-order valence-electron chi connectivity index (χ3n) is 11.3. The fourth-order valence-corrected chi connectivity index (χ4v) is 8.78. The molecule has 150 valence electrons. The molecule has 0 bridgehead atoms. The molecule has 0 aromatic carbocycles. The molecule has 9 atom stereocenters. The Kier molecular flexibility index (Phi) is 4.41. The molecule has 2 nitrogen and oxygen atoms in total. The molecule has 0 amide bonds. The molecule has 0 unspecified atom stereocenters. The van der Waals surface area contributed by atoms with Crippen molar-refractivity contribution in [2.75, 3.05) is 7.11 Å². The van der Waals surface area contributed by atoms with Crippen LogP contribution in [0.25, 0.3) is 0 Å². The van der Waals surface area contributed by atoms with Crippen LogP contribution in [0.15, 0.2) is 0 Å². The van der Waals surface area contributed by atoms with Gasteiger partial charge in [-0.25, -0.2) is 0 Å². The zero-order chi connectivity index (χ0) is 19.0. The lowest BCUT2D eigenvalue weighted by Crippen LogP contribution is -2.59. The van der Waals surface area contributed by atoms with Gasteiger partial charge in [0.15, 0.2) is 0 Å². The summed E-state index contributed by atoms with van der Waals surface area (Å²) in [6.45, 7) is 12.2. The molecule has 4 aliphatic rings. The van der Waals surface area contributed by atoms with Crippen molar-refractivity contribution in [2.24, 2.45) is 39.4 Å². The lowest BCUT2D eigenvalue weighted by Gasteiger charge is -2.66. The van der Waals surface area contributed by atoms with E-state index in [1.54, 1.807) is 0 Å². The van der Waals surface area contributed by atoms with Crippen molar-refractivity contribution in [3.05, 3.63) is 0 Å². The van der Waals surface area contributed by atoms with E-state index >= 15 is 0 Å².